The van der Waals surface area contributed by atoms with E-state index in [2.05, 4.69) is 15.3 Å². The summed E-state index contributed by atoms with van der Waals surface area (Å²) in [7, 11) is -1.91. The van der Waals surface area contributed by atoms with Crippen LogP contribution in [0.15, 0.2) is 65.8 Å². The van der Waals surface area contributed by atoms with E-state index in [0.717, 1.165) is 36.3 Å². The molecule has 8 nitrogen and oxygen atoms in total. The Labute approximate surface area is 193 Å². The van der Waals surface area contributed by atoms with Crippen LogP contribution >= 0.6 is 0 Å². The minimum atomic E-state index is -3.52. The van der Waals surface area contributed by atoms with Crippen molar-refractivity contribution in [3.63, 3.8) is 0 Å². The largest absolute Gasteiger partial charge is 0.497 e. The highest BCUT2D eigenvalue weighted by atomic mass is 32.2. The number of carbonyl (C=O) groups is 1. The molecule has 4 rings (SSSR count). The van der Waals surface area contributed by atoms with Gasteiger partial charge in [0.2, 0.25) is 10.0 Å². The summed E-state index contributed by atoms with van der Waals surface area (Å²) < 4.78 is 32.2. The first-order valence-corrected chi connectivity index (χ1v) is 12.2. The number of benzene rings is 2. The zero-order chi connectivity index (χ0) is 23.3. The lowest BCUT2D eigenvalue weighted by molar-refractivity contribution is 0.0950. The van der Waals surface area contributed by atoms with Gasteiger partial charge in [-0.25, -0.2) is 18.4 Å². The van der Waals surface area contributed by atoms with Gasteiger partial charge in [0.1, 0.15) is 12.1 Å². The number of ether oxygens (including phenoxy) is 1. The summed E-state index contributed by atoms with van der Waals surface area (Å²) in [5.74, 6) is 0.455. The van der Waals surface area contributed by atoms with Gasteiger partial charge in [0.15, 0.2) is 0 Å². The van der Waals surface area contributed by atoms with Gasteiger partial charge in [-0.1, -0.05) is 6.42 Å². The SMILES string of the molecule is COc1ccc(-c2cc(CNC(=O)c3ccc(S(=O)(=O)N4CCCCC4)cc3)ncn2)cc1. The highest BCUT2D eigenvalue weighted by molar-refractivity contribution is 7.89. The number of methoxy groups -OCH3 is 1. The molecule has 0 saturated carbocycles. The smallest absolute Gasteiger partial charge is 0.251 e. The van der Waals surface area contributed by atoms with E-state index in [9.17, 15) is 13.2 Å². The number of piperidine rings is 1. The number of carbonyl (C=O) groups excluding carboxylic acids is 1. The van der Waals surface area contributed by atoms with Gasteiger partial charge >= 0.3 is 0 Å². The molecule has 0 spiro atoms. The number of rotatable bonds is 7. The standard InChI is InChI=1S/C24H26N4O4S/c1-32-21-9-5-18(6-10-21)23-15-20(26-17-27-23)16-25-24(29)19-7-11-22(12-8-19)33(30,31)28-13-3-2-4-14-28/h5-12,15,17H,2-4,13-14,16H2,1H3,(H,25,29). The van der Waals surface area contributed by atoms with Crippen LogP contribution in [0.4, 0.5) is 0 Å². The average molecular weight is 467 g/mol. The van der Waals surface area contributed by atoms with E-state index in [4.69, 9.17) is 4.74 Å². The lowest BCUT2D eigenvalue weighted by atomic mass is 10.1. The lowest BCUT2D eigenvalue weighted by Crippen LogP contribution is -2.35. The fraction of sp³-hybridized carbons (Fsp3) is 0.292. The van der Waals surface area contributed by atoms with Crippen molar-refractivity contribution < 1.29 is 17.9 Å². The minimum Gasteiger partial charge on any atom is -0.497 e. The Morgan fingerprint density at radius 3 is 2.36 bits per heavy atom. The lowest BCUT2D eigenvalue weighted by Gasteiger charge is -2.25. The molecule has 172 valence electrons. The molecule has 2 aromatic carbocycles. The third-order valence-corrected chi connectivity index (χ3v) is 7.52. The zero-order valence-electron chi connectivity index (χ0n) is 18.4. The fourth-order valence-corrected chi connectivity index (χ4v) is 5.24. The zero-order valence-corrected chi connectivity index (χ0v) is 19.2. The third-order valence-electron chi connectivity index (χ3n) is 5.61. The predicted octanol–water partition coefficient (Wildman–Crippen LogP) is 3.26. The van der Waals surface area contributed by atoms with Gasteiger partial charge in [-0.2, -0.15) is 4.31 Å². The first-order chi connectivity index (χ1) is 16.0. The van der Waals surface area contributed by atoms with Gasteiger partial charge in [-0.05, 0) is 67.4 Å². The number of amides is 1. The highest BCUT2D eigenvalue weighted by Crippen LogP contribution is 2.22. The van der Waals surface area contributed by atoms with E-state index in [0.29, 0.717) is 24.3 Å². The normalized spacial score (nSPS) is 14.6. The number of sulfonamides is 1. The molecule has 0 aliphatic carbocycles. The van der Waals surface area contributed by atoms with Crippen molar-refractivity contribution in [2.24, 2.45) is 0 Å². The molecule has 0 radical (unpaired) electrons. The molecule has 9 heteroatoms. The second-order valence-corrected chi connectivity index (χ2v) is 9.73. The summed E-state index contributed by atoms with van der Waals surface area (Å²) in [6.45, 7) is 1.31. The van der Waals surface area contributed by atoms with Crippen LogP contribution in [0, 0.1) is 0 Å². The number of hydrogen-bond donors (Lipinski definition) is 1. The molecule has 1 aromatic heterocycles. The Balaban J connectivity index is 1.39. The summed E-state index contributed by atoms with van der Waals surface area (Å²) in [4.78, 5) is 21.3. The molecule has 1 amide bonds. The van der Waals surface area contributed by atoms with Crippen molar-refractivity contribution in [1.82, 2.24) is 19.6 Å². The number of hydrogen-bond acceptors (Lipinski definition) is 6. The molecule has 0 unspecified atom stereocenters. The molecule has 1 N–H and O–H groups in total. The Hall–Kier alpha value is -3.30. The summed E-state index contributed by atoms with van der Waals surface area (Å²) >= 11 is 0. The molecule has 0 bridgehead atoms. The summed E-state index contributed by atoms with van der Waals surface area (Å²) in [6, 6.07) is 15.4. The second-order valence-electron chi connectivity index (χ2n) is 7.79. The van der Waals surface area contributed by atoms with Gasteiger partial charge in [0.25, 0.3) is 5.91 Å². The number of nitrogens with zero attached hydrogens (tertiary/aromatic N) is 3. The van der Waals surface area contributed by atoms with Gasteiger partial charge in [-0.15, -0.1) is 0 Å². The molecule has 1 aliphatic rings. The maximum absolute atomic E-state index is 12.8. The first-order valence-electron chi connectivity index (χ1n) is 10.8. The molecule has 33 heavy (non-hydrogen) atoms. The molecular weight excluding hydrogens is 440 g/mol. The van der Waals surface area contributed by atoms with E-state index in [1.807, 2.05) is 30.3 Å². The maximum Gasteiger partial charge on any atom is 0.251 e. The Morgan fingerprint density at radius 1 is 1.00 bits per heavy atom. The van der Waals surface area contributed by atoms with Crippen LogP contribution < -0.4 is 10.1 Å². The van der Waals surface area contributed by atoms with Gasteiger partial charge in [0, 0.05) is 24.2 Å². The van der Waals surface area contributed by atoms with Gasteiger partial charge in [-0.3, -0.25) is 4.79 Å². The monoisotopic (exact) mass is 466 g/mol. The Bertz CT molecular complexity index is 1210. The van der Waals surface area contributed by atoms with E-state index >= 15 is 0 Å². The average Bonchev–Trinajstić information content (AvgIpc) is 2.88. The fourth-order valence-electron chi connectivity index (χ4n) is 3.72. The van der Waals surface area contributed by atoms with E-state index < -0.39 is 10.0 Å². The van der Waals surface area contributed by atoms with E-state index in [-0.39, 0.29) is 17.3 Å². The van der Waals surface area contributed by atoms with Crippen molar-refractivity contribution in [2.75, 3.05) is 20.2 Å². The van der Waals surface area contributed by atoms with Crippen LogP contribution in [0.2, 0.25) is 0 Å². The van der Waals surface area contributed by atoms with Gasteiger partial charge in [0.05, 0.1) is 29.9 Å². The van der Waals surface area contributed by atoms with Crippen molar-refractivity contribution >= 4 is 15.9 Å². The number of aromatic nitrogens is 2. The topological polar surface area (TPSA) is 101 Å². The molecule has 3 aromatic rings. The van der Waals surface area contributed by atoms with Crippen molar-refractivity contribution in [1.29, 1.82) is 0 Å². The molecule has 1 fully saturated rings. The Kier molecular flexibility index (Phi) is 7.00. The molecule has 2 heterocycles. The quantitative estimate of drug-likeness (QED) is 0.574. The predicted molar refractivity (Wildman–Crippen MR) is 124 cm³/mol. The highest BCUT2D eigenvalue weighted by Gasteiger charge is 2.25. The van der Waals surface area contributed by atoms with E-state index in [1.54, 1.807) is 7.11 Å². The number of nitrogens with one attached hydrogen (secondary N) is 1. The van der Waals surface area contributed by atoms with Crippen molar-refractivity contribution in [2.45, 2.75) is 30.7 Å². The van der Waals surface area contributed by atoms with Crippen LogP contribution in [0.5, 0.6) is 5.75 Å². The van der Waals surface area contributed by atoms with Crippen LogP contribution in [-0.2, 0) is 16.6 Å². The summed E-state index contributed by atoms with van der Waals surface area (Å²) in [5, 5.41) is 2.82. The molecular formula is C24H26N4O4S. The minimum absolute atomic E-state index is 0.209. The molecule has 1 aliphatic heterocycles. The van der Waals surface area contributed by atoms with Crippen LogP contribution in [0.25, 0.3) is 11.3 Å². The second kappa shape index (κ2) is 10.1. The first kappa shape index (κ1) is 22.9. The van der Waals surface area contributed by atoms with Crippen molar-refractivity contribution in [3.05, 3.63) is 72.2 Å². The molecule has 0 atom stereocenters. The summed E-state index contributed by atoms with van der Waals surface area (Å²) in [6.07, 6.45) is 4.27. The summed E-state index contributed by atoms with van der Waals surface area (Å²) in [5.41, 5.74) is 2.70. The van der Waals surface area contributed by atoms with Crippen LogP contribution in [0.3, 0.4) is 0 Å². The van der Waals surface area contributed by atoms with Gasteiger partial charge < -0.3 is 10.1 Å². The van der Waals surface area contributed by atoms with Crippen LogP contribution in [-0.4, -0.2) is 48.8 Å². The van der Waals surface area contributed by atoms with Crippen LogP contribution in [0.1, 0.15) is 35.3 Å². The van der Waals surface area contributed by atoms with Crippen molar-refractivity contribution in [3.8, 4) is 17.0 Å². The maximum atomic E-state index is 12.8. The molecule has 1 saturated heterocycles. The Morgan fingerprint density at radius 2 is 1.70 bits per heavy atom. The third kappa shape index (κ3) is 5.37. The van der Waals surface area contributed by atoms with E-state index in [1.165, 1.54) is 34.9 Å².